The molecule has 0 aliphatic carbocycles. The largest absolute Gasteiger partial charge is 0.389 e. The van der Waals surface area contributed by atoms with E-state index in [9.17, 15) is 4.57 Å². The van der Waals surface area contributed by atoms with E-state index in [4.69, 9.17) is 10.2 Å². The van der Waals surface area contributed by atoms with Crippen LogP contribution in [0, 0.1) is 11.5 Å². The predicted molar refractivity (Wildman–Crippen MR) is 40.9 cm³/mol. The van der Waals surface area contributed by atoms with Gasteiger partial charge >= 0.3 is 7.60 Å². The molecule has 11 heavy (non-hydrogen) atoms. The number of nitriles is 1. The van der Waals surface area contributed by atoms with Gasteiger partial charge in [0, 0.05) is 0 Å². The van der Waals surface area contributed by atoms with E-state index >= 15 is 0 Å². The summed E-state index contributed by atoms with van der Waals surface area (Å²) in [6, 6.07) is 0. The molecule has 1 atom stereocenters. The Balaban J connectivity index is 4.28. The molecule has 0 aromatic heterocycles. The van der Waals surface area contributed by atoms with Crippen LogP contribution < -0.4 is 0 Å². The highest BCUT2D eigenvalue weighted by Crippen LogP contribution is 2.49. The van der Waals surface area contributed by atoms with Crippen LogP contribution in [0.25, 0.3) is 0 Å². The van der Waals surface area contributed by atoms with Crippen LogP contribution in [0.5, 0.6) is 0 Å². The normalized spacial score (nSPS) is 15.5. The fourth-order valence-electron chi connectivity index (χ4n) is 0.883. The molecule has 0 aromatic rings. The van der Waals surface area contributed by atoms with Crippen LogP contribution in [-0.4, -0.2) is 10.6 Å². The van der Waals surface area contributed by atoms with Crippen LogP contribution in [0.2, 0.25) is 0 Å². The van der Waals surface area contributed by atoms with Gasteiger partial charge in [-0.25, -0.2) is 4.57 Å². The maximum absolute atomic E-state index is 11.1. The van der Waals surface area contributed by atoms with Crippen LogP contribution in [0.1, 0.15) is 26.7 Å². The molecule has 0 spiro atoms. The molecule has 64 valence electrons. The summed E-state index contributed by atoms with van der Waals surface area (Å²) in [4.78, 5) is 9.09. The van der Waals surface area contributed by atoms with Gasteiger partial charge in [-0.05, 0) is 12.8 Å². The highest BCUT2D eigenvalue weighted by Gasteiger charge is 2.30. The number of nitrogens with zero attached hydrogens (tertiary/aromatic N) is 1. The van der Waals surface area contributed by atoms with Gasteiger partial charge in [-0.1, -0.05) is 13.8 Å². The van der Waals surface area contributed by atoms with Crippen molar-refractivity contribution < 1.29 is 14.0 Å². The van der Waals surface area contributed by atoms with Crippen molar-refractivity contribution >= 4 is 7.60 Å². The molecule has 0 amide bonds. The molecule has 0 heterocycles. The zero-order valence-electron chi connectivity index (χ0n) is 6.65. The number of hydrogen-bond acceptors (Lipinski definition) is 3. The van der Waals surface area contributed by atoms with Crippen molar-refractivity contribution in [1.82, 2.24) is 0 Å². The molecule has 0 aliphatic heterocycles. The molecule has 1 unspecified atom stereocenters. The van der Waals surface area contributed by atoms with Gasteiger partial charge < -0.3 is 9.42 Å². The minimum atomic E-state index is -3.66. The lowest BCUT2D eigenvalue weighted by Gasteiger charge is -2.15. The van der Waals surface area contributed by atoms with E-state index in [1.54, 1.807) is 13.8 Å². The van der Waals surface area contributed by atoms with E-state index in [0.29, 0.717) is 12.8 Å². The Kier molecular flexibility index (Phi) is 4.17. The maximum atomic E-state index is 11.1. The Morgan fingerprint density at radius 3 is 2.36 bits per heavy atom. The third-order valence-electron chi connectivity index (χ3n) is 1.58. The Labute approximate surface area is 66.3 Å². The Hall–Kier alpha value is -0.520. The first-order chi connectivity index (χ1) is 5.08. The van der Waals surface area contributed by atoms with Gasteiger partial charge in [0.15, 0.2) is 0 Å². The van der Waals surface area contributed by atoms with Crippen molar-refractivity contribution in [2.75, 3.05) is 0 Å². The van der Waals surface area contributed by atoms with Gasteiger partial charge in [-0.15, -0.1) is 5.26 Å². The van der Waals surface area contributed by atoms with Gasteiger partial charge in [-0.3, -0.25) is 0 Å². The van der Waals surface area contributed by atoms with Crippen LogP contribution in [-0.2, 0) is 9.09 Å². The van der Waals surface area contributed by atoms with Gasteiger partial charge in [-0.2, -0.15) is 0 Å². The molecule has 0 aromatic carbocycles. The average molecular weight is 177 g/mol. The molecule has 1 N–H and O–H groups in total. The van der Waals surface area contributed by atoms with Gasteiger partial charge in [0.1, 0.15) is 0 Å². The second-order valence-electron chi connectivity index (χ2n) is 2.22. The van der Waals surface area contributed by atoms with Crippen molar-refractivity contribution in [3.8, 4) is 6.26 Å². The highest BCUT2D eigenvalue weighted by atomic mass is 31.2. The first kappa shape index (κ1) is 10.5. The van der Waals surface area contributed by atoms with E-state index in [1.807, 2.05) is 0 Å². The minimum Gasteiger partial charge on any atom is -0.349 e. The Morgan fingerprint density at radius 2 is 2.09 bits per heavy atom. The fraction of sp³-hybridized carbons (Fsp3) is 0.833. The minimum absolute atomic E-state index is 0.415. The summed E-state index contributed by atoms with van der Waals surface area (Å²) < 4.78 is 15.2. The summed E-state index contributed by atoms with van der Waals surface area (Å²) in [6.45, 7) is 3.58. The lowest BCUT2D eigenvalue weighted by molar-refractivity contribution is 0.341. The van der Waals surface area contributed by atoms with Crippen LogP contribution >= 0.6 is 7.60 Å². The summed E-state index contributed by atoms with van der Waals surface area (Å²) in [6.07, 6.45) is 2.34. The van der Waals surface area contributed by atoms with Crippen molar-refractivity contribution in [2.24, 2.45) is 0 Å². The lowest BCUT2D eigenvalue weighted by Crippen LogP contribution is -2.06. The summed E-state index contributed by atoms with van der Waals surface area (Å²) in [5.41, 5.74) is -0.415. The van der Waals surface area contributed by atoms with E-state index in [0.717, 1.165) is 0 Å². The van der Waals surface area contributed by atoms with Crippen LogP contribution in [0.3, 0.4) is 0 Å². The van der Waals surface area contributed by atoms with Crippen molar-refractivity contribution in [1.29, 1.82) is 5.26 Å². The SMILES string of the molecule is CCC(CC)P(=O)(O)OC#N. The zero-order valence-corrected chi connectivity index (χ0v) is 7.54. The molecular weight excluding hydrogens is 165 g/mol. The zero-order chi connectivity index (χ0) is 8.91. The summed E-state index contributed by atoms with van der Waals surface area (Å²) in [5.74, 6) is 0. The summed E-state index contributed by atoms with van der Waals surface area (Å²) >= 11 is 0. The molecule has 0 radical (unpaired) electrons. The Morgan fingerprint density at radius 1 is 1.64 bits per heavy atom. The smallest absolute Gasteiger partial charge is 0.349 e. The third-order valence-corrected chi connectivity index (χ3v) is 3.57. The predicted octanol–water partition coefficient (Wildman–Crippen LogP) is 1.86. The first-order valence-corrected chi connectivity index (χ1v) is 5.13. The van der Waals surface area contributed by atoms with Gasteiger partial charge in [0.2, 0.25) is 0 Å². The van der Waals surface area contributed by atoms with Crippen molar-refractivity contribution in [3.63, 3.8) is 0 Å². The molecule has 0 fully saturated rings. The molecule has 0 rings (SSSR count). The van der Waals surface area contributed by atoms with E-state index in [1.165, 1.54) is 6.26 Å². The quantitative estimate of drug-likeness (QED) is 0.525. The molecule has 0 saturated heterocycles. The second kappa shape index (κ2) is 4.38. The Bertz CT molecular complexity index is 194. The molecule has 4 nitrogen and oxygen atoms in total. The monoisotopic (exact) mass is 177 g/mol. The fourth-order valence-corrected chi connectivity index (χ4v) is 2.07. The topological polar surface area (TPSA) is 70.3 Å². The molecular formula is C6H12NO3P. The number of hydrogen-bond donors (Lipinski definition) is 1. The highest BCUT2D eigenvalue weighted by molar-refractivity contribution is 7.53. The molecule has 0 aliphatic rings. The summed E-state index contributed by atoms with van der Waals surface area (Å²) in [7, 11) is -3.66. The second-order valence-corrected chi connectivity index (χ2v) is 4.26. The number of rotatable bonds is 4. The standard InChI is InChI=1S/C6H12NO3P/c1-3-6(4-2)11(8,9)10-5-7/h6H,3-4H2,1-2H3,(H,8,9). The van der Waals surface area contributed by atoms with E-state index in [-0.39, 0.29) is 0 Å². The molecule has 0 saturated carbocycles. The van der Waals surface area contributed by atoms with Gasteiger partial charge in [0.05, 0.1) is 5.66 Å². The molecule has 5 heteroatoms. The average Bonchev–Trinajstić information content (AvgIpc) is 1.89. The third kappa shape index (κ3) is 2.92. The van der Waals surface area contributed by atoms with E-state index in [2.05, 4.69) is 4.52 Å². The van der Waals surface area contributed by atoms with Gasteiger partial charge in [0.25, 0.3) is 6.26 Å². The molecule has 0 bridgehead atoms. The lowest BCUT2D eigenvalue weighted by atomic mass is 10.3. The first-order valence-electron chi connectivity index (χ1n) is 3.48. The summed E-state index contributed by atoms with van der Waals surface area (Å²) in [5, 5.41) is 8.04. The van der Waals surface area contributed by atoms with Crippen LogP contribution in [0.15, 0.2) is 0 Å². The van der Waals surface area contributed by atoms with Crippen molar-refractivity contribution in [2.45, 2.75) is 32.3 Å². The van der Waals surface area contributed by atoms with E-state index < -0.39 is 13.3 Å². The maximum Gasteiger partial charge on any atom is 0.389 e. The van der Waals surface area contributed by atoms with Crippen molar-refractivity contribution in [3.05, 3.63) is 0 Å². The van der Waals surface area contributed by atoms with Crippen LogP contribution in [0.4, 0.5) is 0 Å².